The van der Waals surface area contributed by atoms with Crippen molar-refractivity contribution in [1.29, 1.82) is 0 Å². The number of hydrogen-bond acceptors (Lipinski definition) is 5. The number of aliphatic hydroxyl groups excluding tert-OH is 1. The number of carbonyl (C=O) groups is 2. The van der Waals surface area contributed by atoms with Crippen LogP contribution in [0, 0.1) is 0 Å². The lowest BCUT2D eigenvalue weighted by atomic mass is 9.94. The highest BCUT2D eigenvalue weighted by atomic mass is 16.5. The van der Waals surface area contributed by atoms with Crippen LogP contribution < -0.4 is 14.4 Å². The van der Waals surface area contributed by atoms with Gasteiger partial charge in [-0.15, -0.1) is 0 Å². The quantitative estimate of drug-likeness (QED) is 0.273. The van der Waals surface area contributed by atoms with Crippen LogP contribution in [0.15, 0.2) is 78.4 Å². The van der Waals surface area contributed by atoms with Gasteiger partial charge in [0, 0.05) is 16.8 Å². The molecule has 0 aromatic heterocycles. The van der Waals surface area contributed by atoms with Gasteiger partial charge in [-0.05, 0) is 56.2 Å². The molecule has 180 valence electrons. The van der Waals surface area contributed by atoms with Gasteiger partial charge in [-0.2, -0.15) is 0 Å². The number of para-hydroxylation sites is 1. The minimum absolute atomic E-state index is 0.000708. The molecule has 6 heteroatoms. The van der Waals surface area contributed by atoms with Crippen LogP contribution >= 0.6 is 0 Å². The predicted octanol–water partition coefficient (Wildman–Crippen LogP) is 5.67. The van der Waals surface area contributed by atoms with E-state index in [1.165, 1.54) is 12.0 Å². The Bertz CT molecular complexity index is 1280. The van der Waals surface area contributed by atoms with E-state index in [0.717, 1.165) is 12.0 Å². The molecule has 3 aromatic rings. The molecule has 4 rings (SSSR count). The second-order valence-corrected chi connectivity index (χ2v) is 8.63. The Hall–Kier alpha value is -4.06. The maximum Gasteiger partial charge on any atom is 0.300 e. The van der Waals surface area contributed by atoms with Crippen molar-refractivity contribution in [3.8, 4) is 11.5 Å². The first-order valence-corrected chi connectivity index (χ1v) is 11.7. The molecule has 3 aromatic carbocycles. The lowest BCUT2D eigenvalue weighted by Gasteiger charge is -2.26. The zero-order valence-corrected chi connectivity index (χ0v) is 20.3. The van der Waals surface area contributed by atoms with Crippen LogP contribution in [0.4, 0.5) is 5.69 Å². The molecule has 1 atom stereocenters. The molecule has 0 spiro atoms. The first-order valence-electron chi connectivity index (χ1n) is 11.7. The van der Waals surface area contributed by atoms with Crippen molar-refractivity contribution in [2.45, 2.75) is 39.3 Å². The number of ketones is 1. The second-order valence-electron chi connectivity index (χ2n) is 8.63. The van der Waals surface area contributed by atoms with Gasteiger partial charge in [0.1, 0.15) is 17.3 Å². The van der Waals surface area contributed by atoms with E-state index < -0.39 is 17.7 Å². The van der Waals surface area contributed by atoms with E-state index in [1.54, 1.807) is 36.4 Å². The maximum atomic E-state index is 13.4. The van der Waals surface area contributed by atoms with Gasteiger partial charge >= 0.3 is 0 Å². The summed E-state index contributed by atoms with van der Waals surface area (Å²) in [5, 5.41) is 11.4. The van der Waals surface area contributed by atoms with Gasteiger partial charge in [0.05, 0.1) is 24.8 Å². The average Bonchev–Trinajstić information content (AvgIpc) is 3.13. The minimum atomic E-state index is -0.867. The average molecular weight is 472 g/mol. The second kappa shape index (κ2) is 10.1. The van der Waals surface area contributed by atoms with Gasteiger partial charge in [0.2, 0.25) is 0 Å². The molecule has 1 amide bonds. The molecule has 1 heterocycles. The van der Waals surface area contributed by atoms with Crippen molar-refractivity contribution in [1.82, 2.24) is 0 Å². The van der Waals surface area contributed by atoms with Gasteiger partial charge in [0.25, 0.3) is 11.7 Å². The Balaban J connectivity index is 1.92. The first kappa shape index (κ1) is 24.1. The zero-order chi connectivity index (χ0) is 25.1. The Kier molecular flexibility index (Phi) is 6.92. The Labute approximate surface area is 205 Å². The van der Waals surface area contributed by atoms with Crippen molar-refractivity contribution in [3.63, 3.8) is 0 Å². The molecule has 1 unspecified atom stereocenters. The number of aryl methyl sites for hydroxylation is 1. The van der Waals surface area contributed by atoms with Crippen molar-refractivity contribution >= 4 is 23.1 Å². The van der Waals surface area contributed by atoms with Crippen LogP contribution in [-0.4, -0.2) is 30.0 Å². The van der Waals surface area contributed by atoms with Crippen molar-refractivity contribution < 1.29 is 24.2 Å². The maximum absolute atomic E-state index is 13.4. The highest BCUT2D eigenvalue weighted by molar-refractivity contribution is 6.51. The van der Waals surface area contributed by atoms with E-state index in [-0.39, 0.29) is 17.4 Å². The summed E-state index contributed by atoms with van der Waals surface area (Å²) < 4.78 is 11.3. The SMILES string of the molecule is CCc1ccc(N2C(=O)C(=O)/C(=C(/O)c3cccc(OC(C)C)c3)C2c2ccccc2OC)cc1. The van der Waals surface area contributed by atoms with Gasteiger partial charge in [-0.1, -0.05) is 49.4 Å². The fourth-order valence-electron chi connectivity index (χ4n) is 4.32. The van der Waals surface area contributed by atoms with Gasteiger partial charge < -0.3 is 14.6 Å². The van der Waals surface area contributed by atoms with Gasteiger partial charge in [-0.3, -0.25) is 14.5 Å². The standard InChI is InChI=1S/C29H29NO5/c1-5-19-13-15-21(16-14-19)30-26(23-11-6-7-12-24(23)34-4)25(28(32)29(30)33)27(31)20-9-8-10-22(17-20)35-18(2)3/h6-18,26,31H,5H2,1-4H3/b27-25+. The molecular formula is C29H29NO5. The number of methoxy groups -OCH3 is 1. The van der Waals surface area contributed by atoms with Crippen molar-refractivity contribution in [3.05, 3.63) is 95.1 Å². The van der Waals surface area contributed by atoms with E-state index in [9.17, 15) is 14.7 Å². The minimum Gasteiger partial charge on any atom is -0.507 e. The highest BCUT2D eigenvalue weighted by Crippen LogP contribution is 2.45. The van der Waals surface area contributed by atoms with Crippen LogP contribution in [-0.2, 0) is 16.0 Å². The summed E-state index contributed by atoms with van der Waals surface area (Å²) >= 11 is 0. The number of anilines is 1. The lowest BCUT2D eigenvalue weighted by molar-refractivity contribution is -0.132. The summed E-state index contributed by atoms with van der Waals surface area (Å²) in [5.74, 6) is -0.657. The third-order valence-corrected chi connectivity index (χ3v) is 5.98. The van der Waals surface area contributed by atoms with Crippen LogP contribution in [0.3, 0.4) is 0 Å². The molecule has 0 radical (unpaired) electrons. The van der Waals surface area contributed by atoms with Gasteiger partial charge in [0.15, 0.2) is 0 Å². The van der Waals surface area contributed by atoms with Crippen LogP contribution in [0.25, 0.3) is 5.76 Å². The molecule has 0 saturated carbocycles. The summed E-state index contributed by atoms with van der Waals surface area (Å²) in [5.41, 5.74) is 2.67. The third-order valence-electron chi connectivity index (χ3n) is 5.98. The molecule has 0 bridgehead atoms. The van der Waals surface area contributed by atoms with E-state index in [0.29, 0.717) is 28.3 Å². The van der Waals surface area contributed by atoms with Crippen molar-refractivity contribution in [2.24, 2.45) is 0 Å². The number of ether oxygens (including phenoxy) is 2. The Morgan fingerprint density at radius 2 is 1.71 bits per heavy atom. The smallest absolute Gasteiger partial charge is 0.300 e. The first-order chi connectivity index (χ1) is 16.8. The summed E-state index contributed by atoms with van der Waals surface area (Å²) in [4.78, 5) is 28.2. The number of rotatable bonds is 7. The fourth-order valence-corrected chi connectivity index (χ4v) is 4.32. The largest absolute Gasteiger partial charge is 0.507 e. The van der Waals surface area contributed by atoms with Crippen LogP contribution in [0.5, 0.6) is 11.5 Å². The van der Waals surface area contributed by atoms with E-state index >= 15 is 0 Å². The molecule has 0 aliphatic carbocycles. The monoisotopic (exact) mass is 471 g/mol. The third kappa shape index (κ3) is 4.64. The fraction of sp³-hybridized carbons (Fsp3) is 0.241. The van der Waals surface area contributed by atoms with Crippen LogP contribution in [0.1, 0.15) is 43.5 Å². The summed E-state index contributed by atoms with van der Waals surface area (Å²) in [6, 6.07) is 20.7. The Morgan fingerprint density at radius 1 is 1.00 bits per heavy atom. The number of Topliss-reactive ketones (excluding diaryl/α,β-unsaturated/α-hetero) is 1. The molecule has 1 aliphatic heterocycles. The van der Waals surface area contributed by atoms with Crippen molar-refractivity contribution in [2.75, 3.05) is 12.0 Å². The number of hydrogen-bond donors (Lipinski definition) is 1. The molecule has 35 heavy (non-hydrogen) atoms. The summed E-state index contributed by atoms with van der Waals surface area (Å²) in [6.07, 6.45) is 0.793. The topological polar surface area (TPSA) is 76.1 Å². The van der Waals surface area contributed by atoms with E-state index in [1.807, 2.05) is 57.2 Å². The van der Waals surface area contributed by atoms with E-state index in [2.05, 4.69) is 0 Å². The molecule has 1 N–H and O–H groups in total. The number of amides is 1. The number of nitrogens with zero attached hydrogens (tertiary/aromatic N) is 1. The molecule has 1 saturated heterocycles. The normalized spacial score (nSPS) is 17.2. The Morgan fingerprint density at radius 3 is 2.37 bits per heavy atom. The molecule has 1 aliphatic rings. The molecule has 1 fully saturated rings. The summed E-state index contributed by atoms with van der Waals surface area (Å²) in [7, 11) is 1.54. The number of benzene rings is 3. The summed E-state index contributed by atoms with van der Waals surface area (Å²) in [6.45, 7) is 5.86. The molecule has 6 nitrogen and oxygen atoms in total. The molecular weight excluding hydrogens is 442 g/mol. The van der Waals surface area contributed by atoms with E-state index in [4.69, 9.17) is 9.47 Å². The lowest BCUT2D eigenvalue weighted by Crippen LogP contribution is -2.29. The highest BCUT2D eigenvalue weighted by Gasteiger charge is 2.47. The van der Waals surface area contributed by atoms with Crippen LogP contribution in [0.2, 0.25) is 0 Å². The number of carbonyl (C=O) groups excluding carboxylic acids is 2. The zero-order valence-electron chi connectivity index (χ0n) is 20.3. The van der Waals surface area contributed by atoms with Gasteiger partial charge in [-0.25, -0.2) is 0 Å². The number of aliphatic hydroxyl groups is 1. The predicted molar refractivity (Wildman–Crippen MR) is 136 cm³/mol.